The highest BCUT2D eigenvalue weighted by Gasteiger charge is 2.23. The highest BCUT2D eigenvalue weighted by molar-refractivity contribution is 5.96. The van der Waals surface area contributed by atoms with Crippen molar-refractivity contribution in [2.24, 2.45) is 11.8 Å². The van der Waals surface area contributed by atoms with Gasteiger partial charge in [-0.25, -0.2) is 9.18 Å². The van der Waals surface area contributed by atoms with Crippen molar-refractivity contribution in [1.82, 2.24) is 0 Å². The van der Waals surface area contributed by atoms with E-state index in [0.29, 0.717) is 31.3 Å². The first-order valence-corrected chi connectivity index (χ1v) is 26.3. The van der Waals surface area contributed by atoms with Gasteiger partial charge in [-0.3, -0.25) is 0 Å². The highest BCUT2D eigenvalue weighted by atomic mass is 19.2. The Morgan fingerprint density at radius 1 is 0.493 bits per heavy atom. The molecule has 0 atom stereocenters. The van der Waals surface area contributed by atoms with Crippen LogP contribution in [0.1, 0.15) is 178 Å². The molecule has 0 N–H and O–H groups in total. The largest absolute Gasteiger partial charge is 0.494 e. The van der Waals surface area contributed by atoms with Gasteiger partial charge in [-0.1, -0.05) is 178 Å². The van der Waals surface area contributed by atoms with Crippen LogP contribution in [-0.4, -0.2) is 25.8 Å². The maximum atomic E-state index is 14.9. The van der Waals surface area contributed by atoms with Crippen molar-refractivity contribution in [2.75, 3.05) is 19.8 Å². The van der Waals surface area contributed by atoms with Crippen molar-refractivity contribution in [3.63, 3.8) is 0 Å². The number of hydrogen-bond donors (Lipinski definition) is 0. The SMILES string of the molecule is CCCCCCCCCCOc1ccc(OC(=O)c2ccc3cc(C)ccc3c2)c(F)c1F.CCCCCCCCOc1ccc(-c2ccc(OCC3CCC(CCCCC)CC3)c(F)c2F)cc1. The number of carbonyl (C=O) groups is 1. The molecule has 0 aromatic heterocycles. The van der Waals surface area contributed by atoms with E-state index in [2.05, 4.69) is 20.8 Å². The Labute approximate surface area is 410 Å². The highest BCUT2D eigenvalue weighted by Crippen LogP contribution is 2.35. The lowest BCUT2D eigenvalue weighted by Gasteiger charge is -2.28. The van der Waals surface area contributed by atoms with Gasteiger partial charge in [0.2, 0.25) is 17.5 Å². The molecule has 1 aliphatic rings. The van der Waals surface area contributed by atoms with Gasteiger partial charge in [-0.2, -0.15) is 13.2 Å². The Kier molecular flexibility index (Phi) is 24.3. The van der Waals surface area contributed by atoms with Gasteiger partial charge in [0.15, 0.2) is 23.1 Å². The zero-order valence-corrected chi connectivity index (χ0v) is 42.0. The number of ether oxygens (including phenoxy) is 4. The summed E-state index contributed by atoms with van der Waals surface area (Å²) in [5.41, 5.74) is 2.25. The van der Waals surface area contributed by atoms with Crippen LogP contribution in [0.3, 0.4) is 0 Å². The number of hydrogen-bond acceptors (Lipinski definition) is 5. The van der Waals surface area contributed by atoms with E-state index >= 15 is 0 Å². The Morgan fingerprint density at radius 2 is 1.00 bits per heavy atom. The molecular weight excluding hydrogens is 877 g/mol. The lowest BCUT2D eigenvalue weighted by Crippen LogP contribution is -2.20. The number of aryl methyl sites for hydroxylation is 1. The van der Waals surface area contributed by atoms with Crippen LogP contribution in [0, 0.1) is 42.0 Å². The molecule has 5 aromatic rings. The summed E-state index contributed by atoms with van der Waals surface area (Å²) < 4.78 is 80.7. The van der Waals surface area contributed by atoms with E-state index in [1.54, 1.807) is 42.5 Å². The standard InChI is InChI=1S/C32H46F2O2.C28H32F2O3/c1-3-5-7-8-9-11-23-35-28-19-17-27(18-20-28)29-21-22-30(32(34)31(29)33)36-24-26-15-13-25(14-16-26)12-10-6-4-2;1-3-4-5-6-7-8-9-10-17-32-24-15-16-25(27(30)26(24)29)33-28(31)23-14-13-21-18-20(2)11-12-22(21)19-23/h17-22,25-26H,3-16,23-24H2,1-2H3;11-16,18-19H,3-10,17H2,1-2H3. The van der Waals surface area contributed by atoms with Crippen LogP contribution in [0.2, 0.25) is 0 Å². The molecule has 5 nitrogen and oxygen atoms in total. The fourth-order valence-electron chi connectivity index (χ4n) is 9.02. The molecule has 5 aromatic carbocycles. The molecule has 376 valence electrons. The fourth-order valence-corrected chi connectivity index (χ4v) is 9.02. The Morgan fingerprint density at radius 3 is 1.67 bits per heavy atom. The smallest absolute Gasteiger partial charge is 0.343 e. The topological polar surface area (TPSA) is 54.0 Å². The van der Waals surface area contributed by atoms with Gasteiger partial charge in [0.25, 0.3) is 0 Å². The molecule has 1 saturated carbocycles. The monoisotopic (exact) mass is 955 g/mol. The average molecular weight is 955 g/mol. The normalized spacial score (nSPS) is 14.6. The molecule has 69 heavy (non-hydrogen) atoms. The van der Waals surface area contributed by atoms with E-state index in [0.717, 1.165) is 66.5 Å². The van der Waals surface area contributed by atoms with Gasteiger partial charge in [0.1, 0.15) is 5.75 Å². The number of fused-ring (bicyclic) bond motifs is 1. The Hall–Kier alpha value is -5.05. The van der Waals surface area contributed by atoms with E-state index in [4.69, 9.17) is 18.9 Å². The first-order chi connectivity index (χ1) is 33.6. The summed E-state index contributed by atoms with van der Waals surface area (Å²) in [6, 6.07) is 23.9. The third-order valence-electron chi connectivity index (χ3n) is 13.3. The van der Waals surface area contributed by atoms with Crippen molar-refractivity contribution >= 4 is 16.7 Å². The molecule has 0 unspecified atom stereocenters. The van der Waals surface area contributed by atoms with E-state index in [1.807, 2.05) is 37.3 Å². The van der Waals surface area contributed by atoms with Crippen LogP contribution in [-0.2, 0) is 0 Å². The first-order valence-electron chi connectivity index (χ1n) is 26.3. The zero-order valence-electron chi connectivity index (χ0n) is 42.0. The van der Waals surface area contributed by atoms with Crippen LogP contribution < -0.4 is 18.9 Å². The molecule has 0 bridgehead atoms. The second kappa shape index (κ2) is 30.5. The minimum absolute atomic E-state index is 0.0141. The lowest BCUT2D eigenvalue weighted by molar-refractivity contribution is 0.0726. The Balaban J connectivity index is 0.000000258. The van der Waals surface area contributed by atoms with Gasteiger partial charge < -0.3 is 18.9 Å². The summed E-state index contributed by atoms with van der Waals surface area (Å²) in [6.07, 6.45) is 26.4. The van der Waals surface area contributed by atoms with Crippen molar-refractivity contribution in [2.45, 2.75) is 169 Å². The fraction of sp³-hybridized carbons (Fsp3) is 0.517. The second-order valence-corrected chi connectivity index (χ2v) is 19.0. The molecule has 9 heteroatoms. The molecule has 6 rings (SSSR count). The zero-order chi connectivity index (χ0) is 49.2. The van der Waals surface area contributed by atoms with Gasteiger partial charge in [0, 0.05) is 5.56 Å². The molecule has 0 radical (unpaired) electrons. The first kappa shape index (κ1) is 54.9. The summed E-state index contributed by atoms with van der Waals surface area (Å²) >= 11 is 0. The molecule has 1 fully saturated rings. The summed E-state index contributed by atoms with van der Waals surface area (Å²) in [6.45, 7) is 10.1. The second-order valence-electron chi connectivity index (χ2n) is 19.0. The van der Waals surface area contributed by atoms with Crippen LogP contribution in [0.15, 0.2) is 84.9 Å². The summed E-state index contributed by atoms with van der Waals surface area (Å²) in [5.74, 6) is -3.47. The van der Waals surface area contributed by atoms with Gasteiger partial charge in [-0.15, -0.1) is 0 Å². The Bertz CT molecular complexity index is 2270. The van der Waals surface area contributed by atoms with Crippen molar-refractivity contribution in [1.29, 1.82) is 0 Å². The molecule has 0 heterocycles. The molecule has 1 aliphatic carbocycles. The minimum Gasteiger partial charge on any atom is -0.494 e. The molecular formula is C60H78F4O5. The van der Waals surface area contributed by atoms with Crippen LogP contribution in [0.5, 0.6) is 23.0 Å². The summed E-state index contributed by atoms with van der Waals surface area (Å²) in [7, 11) is 0. The molecule has 0 amide bonds. The van der Waals surface area contributed by atoms with Crippen molar-refractivity contribution in [3.8, 4) is 34.1 Å². The molecule has 0 aliphatic heterocycles. The van der Waals surface area contributed by atoms with E-state index < -0.39 is 35.0 Å². The predicted molar refractivity (Wildman–Crippen MR) is 274 cm³/mol. The summed E-state index contributed by atoms with van der Waals surface area (Å²) in [5, 5.41) is 1.85. The number of benzene rings is 5. The third kappa shape index (κ3) is 18.3. The summed E-state index contributed by atoms with van der Waals surface area (Å²) in [4.78, 5) is 12.5. The number of halogens is 4. The van der Waals surface area contributed by atoms with Crippen LogP contribution in [0.25, 0.3) is 21.9 Å². The maximum absolute atomic E-state index is 14.9. The maximum Gasteiger partial charge on any atom is 0.343 e. The van der Waals surface area contributed by atoms with E-state index in [9.17, 15) is 22.4 Å². The van der Waals surface area contributed by atoms with Gasteiger partial charge in [0.05, 0.1) is 25.4 Å². The number of esters is 1. The molecule has 0 saturated heterocycles. The third-order valence-corrected chi connectivity index (χ3v) is 13.3. The van der Waals surface area contributed by atoms with Crippen molar-refractivity contribution < 1.29 is 41.3 Å². The minimum atomic E-state index is -1.23. The van der Waals surface area contributed by atoms with Crippen molar-refractivity contribution in [3.05, 3.63) is 119 Å². The van der Waals surface area contributed by atoms with Crippen LogP contribution >= 0.6 is 0 Å². The van der Waals surface area contributed by atoms with Gasteiger partial charge in [-0.05, 0) is 109 Å². The van der Waals surface area contributed by atoms with Gasteiger partial charge >= 0.3 is 5.97 Å². The average Bonchev–Trinajstić information content (AvgIpc) is 3.36. The number of rotatable bonds is 28. The quantitative estimate of drug-likeness (QED) is 0.0216. The van der Waals surface area contributed by atoms with E-state index in [1.165, 1.54) is 115 Å². The lowest BCUT2D eigenvalue weighted by atomic mass is 9.80. The predicted octanol–water partition coefficient (Wildman–Crippen LogP) is 18.3. The number of carbonyl (C=O) groups excluding carboxylic acids is 1. The number of unbranched alkanes of at least 4 members (excludes halogenated alkanes) is 14. The van der Waals surface area contributed by atoms with E-state index in [-0.39, 0.29) is 22.6 Å². The van der Waals surface area contributed by atoms with Crippen LogP contribution in [0.4, 0.5) is 17.6 Å². The molecule has 0 spiro atoms.